The van der Waals surface area contributed by atoms with Crippen LogP contribution in [-0.4, -0.2) is 48.6 Å². The zero-order chi connectivity index (χ0) is 24.2. The van der Waals surface area contributed by atoms with E-state index in [4.69, 9.17) is 0 Å². The lowest BCUT2D eigenvalue weighted by molar-refractivity contribution is -0.149. The number of carbonyl (C=O) groups is 1. The van der Waals surface area contributed by atoms with E-state index in [1.807, 2.05) is 24.3 Å². The molecule has 0 spiro atoms. The van der Waals surface area contributed by atoms with Crippen LogP contribution in [0.1, 0.15) is 28.7 Å². The van der Waals surface area contributed by atoms with E-state index in [1.54, 1.807) is 6.07 Å². The van der Waals surface area contributed by atoms with Crippen molar-refractivity contribution < 1.29 is 31.1 Å². The SMILES string of the molecule is CN(CCC(F)(F)F)C(=O)C1CN(Cc2ccc(CCc3cccc(C(F)(F)F)c3)cc2)C1. The van der Waals surface area contributed by atoms with Crippen LogP contribution >= 0.6 is 0 Å². The van der Waals surface area contributed by atoms with Gasteiger partial charge in [0.15, 0.2) is 0 Å². The standard InChI is InChI=1S/C24H26F6N2O/c1-31(12-11-23(25,26)27)22(33)20-15-32(16-20)14-19-9-6-17(7-10-19)5-8-18-3-2-4-21(13-18)24(28,29)30/h2-4,6-7,9-10,13,20H,5,8,11-12,14-16H2,1H3. The normalized spacial score (nSPS) is 15.4. The lowest BCUT2D eigenvalue weighted by Gasteiger charge is -2.40. The molecule has 1 aliphatic heterocycles. The first-order valence-corrected chi connectivity index (χ1v) is 10.7. The fourth-order valence-electron chi connectivity index (χ4n) is 3.83. The molecule has 0 aromatic heterocycles. The molecule has 0 bridgehead atoms. The fraction of sp³-hybridized carbons (Fsp3) is 0.458. The highest BCUT2D eigenvalue weighted by Gasteiger charge is 2.35. The Morgan fingerprint density at radius 2 is 1.55 bits per heavy atom. The molecule has 0 aliphatic carbocycles. The number of alkyl halides is 6. The first-order valence-electron chi connectivity index (χ1n) is 10.7. The van der Waals surface area contributed by atoms with Crippen LogP contribution in [0.3, 0.4) is 0 Å². The summed E-state index contributed by atoms with van der Waals surface area (Å²) in [4.78, 5) is 15.4. The first-order chi connectivity index (χ1) is 15.4. The molecule has 0 radical (unpaired) electrons. The predicted octanol–water partition coefficient (Wildman–Crippen LogP) is 5.33. The van der Waals surface area contributed by atoms with Gasteiger partial charge in [-0.15, -0.1) is 0 Å². The lowest BCUT2D eigenvalue weighted by Crippen LogP contribution is -2.53. The van der Waals surface area contributed by atoms with E-state index in [0.717, 1.165) is 22.1 Å². The summed E-state index contributed by atoms with van der Waals surface area (Å²) in [5.74, 6) is -0.546. The number of hydrogen-bond donors (Lipinski definition) is 0. The summed E-state index contributed by atoms with van der Waals surface area (Å²) in [6.45, 7) is 1.31. The third-order valence-corrected chi connectivity index (χ3v) is 5.80. The second-order valence-corrected chi connectivity index (χ2v) is 8.53. The topological polar surface area (TPSA) is 23.6 Å². The number of rotatable bonds is 8. The van der Waals surface area contributed by atoms with Gasteiger partial charge in [0, 0.05) is 33.2 Å². The van der Waals surface area contributed by atoms with Crippen molar-refractivity contribution >= 4 is 5.91 Å². The molecule has 0 saturated carbocycles. The number of likely N-dealkylation sites (tertiary alicyclic amines) is 1. The molecule has 1 heterocycles. The maximum absolute atomic E-state index is 12.8. The van der Waals surface area contributed by atoms with Gasteiger partial charge in [0.2, 0.25) is 5.91 Å². The second-order valence-electron chi connectivity index (χ2n) is 8.53. The Morgan fingerprint density at radius 3 is 2.15 bits per heavy atom. The van der Waals surface area contributed by atoms with Gasteiger partial charge in [-0.25, -0.2) is 0 Å². The van der Waals surface area contributed by atoms with Crippen molar-refractivity contribution in [1.29, 1.82) is 0 Å². The molecule has 0 atom stereocenters. The van der Waals surface area contributed by atoms with Crippen molar-refractivity contribution in [3.8, 4) is 0 Å². The zero-order valence-corrected chi connectivity index (χ0v) is 18.2. The van der Waals surface area contributed by atoms with Gasteiger partial charge in [0.05, 0.1) is 17.9 Å². The lowest BCUT2D eigenvalue weighted by atomic mass is 9.97. The van der Waals surface area contributed by atoms with Gasteiger partial charge in [-0.1, -0.05) is 42.5 Å². The average molecular weight is 472 g/mol. The third-order valence-electron chi connectivity index (χ3n) is 5.80. The minimum atomic E-state index is -4.35. The van der Waals surface area contributed by atoms with Gasteiger partial charge < -0.3 is 4.90 Å². The number of benzene rings is 2. The molecule has 1 amide bonds. The molecule has 2 aromatic rings. The van der Waals surface area contributed by atoms with Crippen LogP contribution < -0.4 is 0 Å². The van der Waals surface area contributed by atoms with E-state index in [1.165, 1.54) is 19.2 Å². The highest BCUT2D eigenvalue weighted by atomic mass is 19.4. The van der Waals surface area contributed by atoms with Gasteiger partial charge >= 0.3 is 12.4 Å². The van der Waals surface area contributed by atoms with E-state index in [2.05, 4.69) is 4.90 Å². The summed E-state index contributed by atoms with van der Waals surface area (Å²) in [6.07, 6.45) is -8.52. The van der Waals surface area contributed by atoms with Crippen LogP contribution in [0.25, 0.3) is 0 Å². The van der Waals surface area contributed by atoms with Crippen LogP contribution in [0.2, 0.25) is 0 Å². The largest absolute Gasteiger partial charge is 0.416 e. The van der Waals surface area contributed by atoms with Crippen LogP contribution in [0.5, 0.6) is 0 Å². The molecule has 0 unspecified atom stereocenters. The molecular weight excluding hydrogens is 446 g/mol. The number of aryl methyl sites for hydroxylation is 2. The summed E-state index contributed by atoms with van der Waals surface area (Å²) in [6, 6.07) is 13.1. The molecule has 2 aromatic carbocycles. The summed E-state index contributed by atoms with van der Waals surface area (Å²) >= 11 is 0. The molecule has 1 fully saturated rings. The van der Waals surface area contributed by atoms with Gasteiger partial charge in [0.1, 0.15) is 0 Å². The summed E-state index contributed by atoms with van der Waals surface area (Å²) in [5.41, 5.74) is 2.03. The molecule has 9 heteroatoms. The average Bonchev–Trinajstić information content (AvgIpc) is 2.72. The van der Waals surface area contributed by atoms with Crippen molar-refractivity contribution in [3.05, 3.63) is 70.8 Å². The zero-order valence-electron chi connectivity index (χ0n) is 18.2. The van der Waals surface area contributed by atoms with Gasteiger partial charge in [-0.3, -0.25) is 9.69 Å². The molecule has 3 rings (SSSR count). The minimum Gasteiger partial charge on any atom is -0.345 e. The van der Waals surface area contributed by atoms with Crippen LogP contribution in [-0.2, 0) is 30.4 Å². The van der Waals surface area contributed by atoms with Crippen molar-refractivity contribution in [2.75, 3.05) is 26.7 Å². The maximum Gasteiger partial charge on any atom is 0.416 e. The number of nitrogens with zero attached hydrogens (tertiary/aromatic N) is 2. The number of halogens is 6. The van der Waals surface area contributed by atoms with E-state index >= 15 is 0 Å². The summed E-state index contributed by atoms with van der Waals surface area (Å²) < 4.78 is 75.4. The highest BCUT2D eigenvalue weighted by molar-refractivity contribution is 5.79. The molecule has 180 valence electrons. The molecule has 33 heavy (non-hydrogen) atoms. The summed E-state index contributed by atoms with van der Waals surface area (Å²) in [5, 5.41) is 0. The summed E-state index contributed by atoms with van der Waals surface area (Å²) in [7, 11) is 1.40. The van der Waals surface area contributed by atoms with Crippen LogP contribution in [0.4, 0.5) is 26.3 Å². The number of hydrogen-bond acceptors (Lipinski definition) is 2. The third kappa shape index (κ3) is 7.48. The van der Waals surface area contributed by atoms with Crippen molar-refractivity contribution in [2.24, 2.45) is 5.92 Å². The predicted molar refractivity (Wildman–Crippen MR) is 112 cm³/mol. The van der Waals surface area contributed by atoms with Crippen LogP contribution in [0, 0.1) is 5.92 Å². The van der Waals surface area contributed by atoms with Crippen molar-refractivity contribution in [2.45, 2.75) is 38.2 Å². The first kappa shape index (κ1) is 25.1. The smallest absolute Gasteiger partial charge is 0.345 e. The Labute approximate surface area is 189 Å². The Kier molecular flexibility index (Phi) is 7.72. The molecule has 3 nitrogen and oxygen atoms in total. The molecule has 1 saturated heterocycles. The molecule has 0 N–H and O–H groups in total. The second kappa shape index (κ2) is 10.2. The minimum absolute atomic E-state index is 0.263. The van der Waals surface area contributed by atoms with E-state index in [0.29, 0.717) is 38.0 Å². The molecule has 1 aliphatic rings. The quantitative estimate of drug-likeness (QED) is 0.485. The van der Waals surface area contributed by atoms with E-state index < -0.39 is 24.3 Å². The Hall–Kier alpha value is -2.55. The Balaban J connectivity index is 1.42. The Bertz CT molecular complexity index is 933. The Morgan fingerprint density at radius 1 is 0.939 bits per heavy atom. The maximum atomic E-state index is 12.8. The van der Waals surface area contributed by atoms with Gasteiger partial charge in [-0.05, 0) is 35.6 Å². The molecular formula is C24H26F6N2O. The van der Waals surface area contributed by atoms with Gasteiger partial charge in [-0.2, -0.15) is 26.3 Å². The van der Waals surface area contributed by atoms with E-state index in [-0.39, 0.29) is 18.4 Å². The monoisotopic (exact) mass is 472 g/mol. The van der Waals surface area contributed by atoms with Crippen molar-refractivity contribution in [1.82, 2.24) is 9.80 Å². The van der Waals surface area contributed by atoms with Crippen molar-refractivity contribution in [3.63, 3.8) is 0 Å². The fourth-order valence-corrected chi connectivity index (χ4v) is 3.83. The van der Waals surface area contributed by atoms with Gasteiger partial charge in [0.25, 0.3) is 0 Å². The van der Waals surface area contributed by atoms with Crippen LogP contribution in [0.15, 0.2) is 48.5 Å². The number of carbonyl (C=O) groups excluding carboxylic acids is 1. The number of amides is 1. The highest BCUT2D eigenvalue weighted by Crippen LogP contribution is 2.30. The van der Waals surface area contributed by atoms with E-state index in [9.17, 15) is 31.1 Å².